The van der Waals surface area contributed by atoms with Gasteiger partial charge in [0.1, 0.15) is 5.56 Å². The maximum Gasteiger partial charge on any atom is 0.341 e. The van der Waals surface area contributed by atoms with E-state index >= 15 is 0 Å². The zero-order valence-corrected chi connectivity index (χ0v) is 14.1. The smallest absolute Gasteiger partial charge is 0.341 e. The Morgan fingerprint density at radius 2 is 2.17 bits per heavy atom. The van der Waals surface area contributed by atoms with E-state index < -0.39 is 11.6 Å². The highest BCUT2D eigenvalue weighted by atomic mass is 16.5. The van der Waals surface area contributed by atoms with Crippen LogP contribution in [0.25, 0.3) is 16.6 Å². The fraction of sp³-hybridized carbons (Fsp3) is 0.353. The zero-order valence-electron chi connectivity index (χ0n) is 14.1. The van der Waals surface area contributed by atoms with Gasteiger partial charge in [-0.1, -0.05) is 0 Å². The van der Waals surface area contributed by atoms with Crippen LogP contribution in [-0.2, 0) is 11.3 Å². The minimum absolute atomic E-state index is 0.399. The van der Waals surface area contributed by atoms with Gasteiger partial charge < -0.3 is 9.84 Å². The summed E-state index contributed by atoms with van der Waals surface area (Å²) in [6.45, 7) is 5.80. The number of nitrogens with zero attached hydrogens (tertiary/aromatic N) is 4. The molecule has 0 aliphatic carbocycles. The Morgan fingerprint density at radius 1 is 1.42 bits per heavy atom. The number of aliphatic hydroxyl groups is 1. The van der Waals surface area contributed by atoms with Crippen LogP contribution in [0.3, 0.4) is 0 Å². The molecule has 0 fully saturated rings. The number of carbonyl (C=O) groups is 1. The summed E-state index contributed by atoms with van der Waals surface area (Å²) < 4.78 is 8.15. The summed E-state index contributed by atoms with van der Waals surface area (Å²) in [5.74, 6) is -0.420. The van der Waals surface area contributed by atoms with Crippen molar-refractivity contribution in [3.05, 3.63) is 42.0 Å². The predicted octanol–water partition coefficient (Wildman–Crippen LogP) is 2.06. The number of fused-ring (bicyclic) bond motifs is 1. The molecular formula is C17H20N4O3. The number of pyridine rings is 1. The summed E-state index contributed by atoms with van der Waals surface area (Å²) in [5.41, 5.74) is 2.97. The van der Waals surface area contributed by atoms with Crippen LogP contribution in [0.15, 0.2) is 30.7 Å². The van der Waals surface area contributed by atoms with Crippen molar-refractivity contribution in [1.29, 1.82) is 0 Å². The van der Waals surface area contributed by atoms with E-state index in [9.17, 15) is 9.90 Å². The maximum absolute atomic E-state index is 11.8. The number of ether oxygens (including phenoxy) is 1. The largest absolute Gasteiger partial charge is 0.465 e. The molecule has 1 N–H and O–H groups in total. The molecule has 0 radical (unpaired) electrons. The quantitative estimate of drug-likeness (QED) is 0.741. The molecule has 126 valence electrons. The van der Waals surface area contributed by atoms with Gasteiger partial charge in [0.05, 0.1) is 36.7 Å². The van der Waals surface area contributed by atoms with Gasteiger partial charge in [-0.05, 0) is 38.5 Å². The lowest BCUT2D eigenvalue weighted by molar-refractivity contribution is 0.0575. The maximum atomic E-state index is 11.8. The third kappa shape index (κ3) is 3.03. The molecule has 0 unspecified atom stereocenters. The summed E-state index contributed by atoms with van der Waals surface area (Å²) in [6.07, 6.45) is 5.19. The molecule has 0 spiro atoms. The van der Waals surface area contributed by atoms with E-state index in [4.69, 9.17) is 4.74 Å². The van der Waals surface area contributed by atoms with Crippen molar-refractivity contribution in [3.8, 4) is 11.1 Å². The van der Waals surface area contributed by atoms with Crippen LogP contribution in [0.2, 0.25) is 0 Å². The van der Waals surface area contributed by atoms with Gasteiger partial charge in [0.15, 0.2) is 0 Å². The van der Waals surface area contributed by atoms with E-state index in [1.165, 1.54) is 13.3 Å². The first-order chi connectivity index (χ1) is 11.3. The van der Waals surface area contributed by atoms with Gasteiger partial charge in [0.2, 0.25) is 0 Å². The van der Waals surface area contributed by atoms with Gasteiger partial charge in [0.25, 0.3) is 0 Å². The lowest BCUT2D eigenvalue weighted by atomic mass is 10.1. The molecule has 0 aliphatic rings. The highest BCUT2D eigenvalue weighted by Crippen LogP contribution is 2.25. The molecular weight excluding hydrogens is 308 g/mol. The van der Waals surface area contributed by atoms with Crippen molar-refractivity contribution in [3.63, 3.8) is 0 Å². The average Bonchev–Trinajstić information content (AvgIpc) is 3.07. The van der Waals surface area contributed by atoms with E-state index in [0.717, 1.165) is 16.8 Å². The third-order valence-corrected chi connectivity index (χ3v) is 3.73. The Bertz CT molecular complexity index is 902. The monoisotopic (exact) mass is 328 g/mol. The highest BCUT2D eigenvalue weighted by Gasteiger charge is 2.18. The molecule has 3 aromatic heterocycles. The summed E-state index contributed by atoms with van der Waals surface area (Å²) in [4.78, 5) is 11.8. The van der Waals surface area contributed by atoms with E-state index in [0.29, 0.717) is 17.6 Å². The molecule has 7 heteroatoms. The second-order valence-electron chi connectivity index (χ2n) is 6.43. The first kappa shape index (κ1) is 16.2. The molecule has 3 heterocycles. The van der Waals surface area contributed by atoms with Gasteiger partial charge in [-0.15, -0.1) is 0 Å². The number of rotatable bonds is 4. The Kier molecular flexibility index (Phi) is 3.88. The second kappa shape index (κ2) is 5.76. The first-order valence-corrected chi connectivity index (χ1v) is 7.61. The van der Waals surface area contributed by atoms with Crippen LogP contribution >= 0.6 is 0 Å². The molecule has 3 aromatic rings. The minimum Gasteiger partial charge on any atom is -0.465 e. The molecule has 0 aliphatic heterocycles. The summed E-state index contributed by atoms with van der Waals surface area (Å²) in [7, 11) is 1.35. The van der Waals surface area contributed by atoms with Gasteiger partial charge in [-0.3, -0.25) is 4.68 Å². The number of hydrogen-bond donors (Lipinski definition) is 1. The molecule has 3 rings (SSSR count). The molecule has 7 nitrogen and oxygen atoms in total. The molecule has 0 amide bonds. The van der Waals surface area contributed by atoms with Crippen molar-refractivity contribution >= 4 is 11.5 Å². The fourth-order valence-electron chi connectivity index (χ4n) is 2.69. The lowest BCUT2D eigenvalue weighted by Crippen LogP contribution is -2.26. The SMILES string of the molecule is COC(=O)c1cnn2ccc(-c3cn(CC(C)(C)O)nc3C)cc12. The van der Waals surface area contributed by atoms with Crippen molar-refractivity contribution in [1.82, 2.24) is 19.4 Å². The number of esters is 1. The lowest BCUT2D eigenvalue weighted by Gasteiger charge is -2.16. The van der Waals surface area contributed by atoms with Gasteiger partial charge >= 0.3 is 5.97 Å². The number of aromatic nitrogens is 4. The van der Waals surface area contributed by atoms with Crippen LogP contribution in [0, 0.1) is 6.92 Å². The Morgan fingerprint density at radius 3 is 2.83 bits per heavy atom. The molecule has 0 bridgehead atoms. The topological polar surface area (TPSA) is 81.6 Å². The van der Waals surface area contributed by atoms with E-state index in [1.54, 1.807) is 29.2 Å². The van der Waals surface area contributed by atoms with E-state index in [1.807, 2.05) is 25.3 Å². The fourth-order valence-corrected chi connectivity index (χ4v) is 2.69. The summed E-state index contributed by atoms with van der Waals surface area (Å²) in [5, 5.41) is 18.6. The average molecular weight is 328 g/mol. The van der Waals surface area contributed by atoms with Gasteiger partial charge in [-0.25, -0.2) is 9.31 Å². The van der Waals surface area contributed by atoms with E-state index in [2.05, 4.69) is 10.2 Å². The van der Waals surface area contributed by atoms with Crippen LogP contribution < -0.4 is 0 Å². The van der Waals surface area contributed by atoms with Gasteiger partial charge in [0, 0.05) is 18.0 Å². The minimum atomic E-state index is -0.844. The molecule has 0 saturated heterocycles. The van der Waals surface area contributed by atoms with Crippen LogP contribution in [0.1, 0.15) is 29.9 Å². The van der Waals surface area contributed by atoms with E-state index in [-0.39, 0.29) is 0 Å². The summed E-state index contributed by atoms with van der Waals surface area (Å²) in [6, 6.07) is 3.80. The zero-order chi connectivity index (χ0) is 17.5. The molecule has 0 aromatic carbocycles. The summed E-state index contributed by atoms with van der Waals surface area (Å²) >= 11 is 0. The molecule has 0 saturated carbocycles. The Labute approximate surface area is 139 Å². The number of aryl methyl sites for hydroxylation is 1. The van der Waals surface area contributed by atoms with Crippen LogP contribution in [0.4, 0.5) is 0 Å². The molecule has 0 atom stereocenters. The standard InChI is InChI=1S/C17H20N4O3/c1-11-14(9-20(19-11)10-17(2,3)23)12-5-6-21-15(7-12)13(8-18-21)16(22)24-4/h5-9,23H,10H2,1-4H3. The van der Waals surface area contributed by atoms with Crippen molar-refractivity contribution in [2.75, 3.05) is 7.11 Å². The van der Waals surface area contributed by atoms with Gasteiger partial charge in [-0.2, -0.15) is 10.2 Å². The number of methoxy groups -OCH3 is 1. The predicted molar refractivity (Wildman–Crippen MR) is 88.8 cm³/mol. The Hall–Kier alpha value is -2.67. The Balaban J connectivity index is 2.05. The second-order valence-corrected chi connectivity index (χ2v) is 6.43. The molecule has 24 heavy (non-hydrogen) atoms. The number of carbonyl (C=O) groups excluding carboxylic acids is 1. The van der Waals surface area contributed by atoms with Crippen LogP contribution in [0.5, 0.6) is 0 Å². The number of hydrogen-bond acceptors (Lipinski definition) is 5. The highest BCUT2D eigenvalue weighted by molar-refractivity contribution is 5.97. The normalized spacial score (nSPS) is 11.9. The first-order valence-electron chi connectivity index (χ1n) is 7.61. The van der Waals surface area contributed by atoms with Crippen LogP contribution in [-0.4, -0.2) is 43.2 Å². The van der Waals surface area contributed by atoms with Crippen molar-refractivity contribution < 1.29 is 14.6 Å². The third-order valence-electron chi connectivity index (χ3n) is 3.73. The van der Waals surface area contributed by atoms with Crippen molar-refractivity contribution in [2.24, 2.45) is 0 Å². The van der Waals surface area contributed by atoms with Crippen molar-refractivity contribution in [2.45, 2.75) is 32.9 Å².